The minimum atomic E-state index is -0.802. The zero-order valence-electron chi connectivity index (χ0n) is 14.0. The van der Waals surface area contributed by atoms with Gasteiger partial charge in [0.1, 0.15) is 11.9 Å². The first-order valence-electron chi connectivity index (χ1n) is 7.67. The van der Waals surface area contributed by atoms with Crippen LogP contribution >= 0.6 is 0 Å². The number of carbonyl (C=O) groups is 2. The Morgan fingerprint density at radius 3 is 2.78 bits per heavy atom. The number of amides is 2. The van der Waals surface area contributed by atoms with E-state index < -0.39 is 18.2 Å². The lowest BCUT2D eigenvalue weighted by Crippen LogP contribution is -2.54. The molecule has 0 saturated carbocycles. The number of aromatic nitrogens is 2. The van der Waals surface area contributed by atoms with Crippen LogP contribution < -0.4 is 5.32 Å². The molecule has 2 rings (SSSR count). The van der Waals surface area contributed by atoms with Crippen molar-refractivity contribution in [2.75, 3.05) is 20.8 Å². The maximum Gasteiger partial charge on any atom is 0.407 e. The number of rotatable bonds is 5. The lowest BCUT2D eigenvalue weighted by atomic mass is 10.1. The molecule has 0 radical (unpaired) electrons. The van der Waals surface area contributed by atoms with Gasteiger partial charge in [-0.1, -0.05) is 0 Å². The van der Waals surface area contributed by atoms with Gasteiger partial charge in [0, 0.05) is 25.5 Å². The number of methoxy groups -OCH3 is 2. The molecule has 8 nitrogen and oxygen atoms in total. The molecular formula is C15H24N4O4. The number of aromatic amines is 1. The smallest absolute Gasteiger partial charge is 0.407 e. The highest BCUT2D eigenvalue weighted by Gasteiger charge is 2.38. The Hall–Kier alpha value is -2.09. The molecule has 2 heterocycles. The van der Waals surface area contributed by atoms with Crippen LogP contribution in [-0.4, -0.2) is 59.8 Å². The Labute approximate surface area is 135 Å². The second-order valence-electron chi connectivity index (χ2n) is 5.70. The van der Waals surface area contributed by atoms with Crippen LogP contribution in [0.3, 0.4) is 0 Å². The summed E-state index contributed by atoms with van der Waals surface area (Å²) in [6.45, 7) is 4.28. The molecule has 1 aromatic heterocycles. The van der Waals surface area contributed by atoms with E-state index in [1.165, 1.54) is 14.2 Å². The summed E-state index contributed by atoms with van der Waals surface area (Å²) in [5, 5.41) is 2.56. The van der Waals surface area contributed by atoms with Gasteiger partial charge in [-0.2, -0.15) is 0 Å². The highest BCUT2D eigenvalue weighted by molar-refractivity contribution is 5.86. The molecule has 1 saturated heterocycles. The fourth-order valence-corrected chi connectivity index (χ4v) is 2.80. The monoisotopic (exact) mass is 324 g/mol. The number of hydrogen-bond donors (Lipinski definition) is 2. The van der Waals surface area contributed by atoms with E-state index in [0.29, 0.717) is 6.54 Å². The van der Waals surface area contributed by atoms with Crippen molar-refractivity contribution in [3.05, 3.63) is 17.7 Å². The van der Waals surface area contributed by atoms with Crippen molar-refractivity contribution >= 4 is 12.0 Å². The van der Waals surface area contributed by atoms with E-state index in [1.807, 2.05) is 6.92 Å². The Bertz CT molecular complexity index is 559. The average Bonchev–Trinajstić information content (AvgIpc) is 3.19. The van der Waals surface area contributed by atoms with E-state index in [-0.39, 0.29) is 11.9 Å². The third-order valence-electron chi connectivity index (χ3n) is 4.14. The van der Waals surface area contributed by atoms with E-state index >= 15 is 0 Å². The summed E-state index contributed by atoms with van der Waals surface area (Å²) in [5.41, 5.74) is 0.953. The summed E-state index contributed by atoms with van der Waals surface area (Å²) in [7, 11) is 2.76. The summed E-state index contributed by atoms with van der Waals surface area (Å²) in [4.78, 5) is 33.7. The number of ether oxygens (including phenoxy) is 2. The minimum absolute atomic E-state index is 0.109. The Balaban J connectivity index is 2.18. The fourth-order valence-electron chi connectivity index (χ4n) is 2.80. The van der Waals surface area contributed by atoms with Gasteiger partial charge in [0.15, 0.2) is 0 Å². The van der Waals surface area contributed by atoms with Crippen LogP contribution in [0.2, 0.25) is 0 Å². The van der Waals surface area contributed by atoms with E-state index in [0.717, 1.165) is 24.4 Å². The lowest BCUT2D eigenvalue weighted by molar-refractivity contribution is -0.137. The van der Waals surface area contributed by atoms with Gasteiger partial charge in [0.2, 0.25) is 5.91 Å². The number of likely N-dealkylation sites (tertiary alicyclic amines) is 1. The van der Waals surface area contributed by atoms with Gasteiger partial charge in [-0.05, 0) is 26.7 Å². The molecule has 1 aliphatic rings. The van der Waals surface area contributed by atoms with Crippen LogP contribution in [0.4, 0.5) is 4.79 Å². The van der Waals surface area contributed by atoms with Gasteiger partial charge in [-0.3, -0.25) is 4.79 Å². The van der Waals surface area contributed by atoms with Crippen molar-refractivity contribution in [1.82, 2.24) is 20.2 Å². The van der Waals surface area contributed by atoms with Crippen molar-refractivity contribution in [2.45, 2.75) is 44.9 Å². The van der Waals surface area contributed by atoms with Crippen molar-refractivity contribution in [1.29, 1.82) is 0 Å². The number of hydrogen-bond acceptors (Lipinski definition) is 5. The van der Waals surface area contributed by atoms with Crippen molar-refractivity contribution in [3.8, 4) is 0 Å². The van der Waals surface area contributed by atoms with Crippen LogP contribution in [0.25, 0.3) is 0 Å². The largest absolute Gasteiger partial charge is 0.453 e. The zero-order valence-corrected chi connectivity index (χ0v) is 14.0. The standard InChI is InChI=1S/C15H24N4O4/c1-9-8-16-13(17-9)11-6-5-7-19(11)14(20)12(10(2)22-3)18-15(21)23-4/h8,10-12H,5-7H2,1-4H3,(H,16,17)(H,18,21). The van der Waals surface area contributed by atoms with Crippen molar-refractivity contribution in [2.24, 2.45) is 0 Å². The molecule has 3 atom stereocenters. The second kappa shape index (κ2) is 7.45. The van der Waals surface area contributed by atoms with Crippen LogP contribution in [0.5, 0.6) is 0 Å². The summed E-state index contributed by atoms with van der Waals surface area (Å²) in [5.74, 6) is 0.580. The molecule has 8 heteroatoms. The molecule has 3 unspecified atom stereocenters. The molecule has 1 aromatic rings. The predicted molar refractivity (Wildman–Crippen MR) is 82.8 cm³/mol. The van der Waals surface area contributed by atoms with E-state index in [4.69, 9.17) is 4.74 Å². The van der Waals surface area contributed by atoms with E-state index in [9.17, 15) is 9.59 Å². The quantitative estimate of drug-likeness (QED) is 0.846. The molecule has 0 spiro atoms. The van der Waals surface area contributed by atoms with E-state index in [2.05, 4.69) is 20.0 Å². The third kappa shape index (κ3) is 3.82. The number of alkyl carbamates (subject to hydrolysis) is 1. The normalized spacial score (nSPS) is 20.2. The van der Waals surface area contributed by atoms with Gasteiger partial charge in [-0.15, -0.1) is 0 Å². The van der Waals surface area contributed by atoms with Gasteiger partial charge >= 0.3 is 6.09 Å². The van der Waals surface area contributed by atoms with E-state index in [1.54, 1.807) is 18.0 Å². The highest BCUT2D eigenvalue weighted by Crippen LogP contribution is 2.31. The van der Waals surface area contributed by atoms with Gasteiger partial charge in [-0.25, -0.2) is 9.78 Å². The second-order valence-corrected chi connectivity index (χ2v) is 5.70. The van der Waals surface area contributed by atoms with Gasteiger partial charge < -0.3 is 24.7 Å². The molecule has 23 heavy (non-hydrogen) atoms. The third-order valence-corrected chi connectivity index (χ3v) is 4.14. The van der Waals surface area contributed by atoms with Crippen LogP contribution in [0.15, 0.2) is 6.20 Å². The minimum Gasteiger partial charge on any atom is -0.453 e. The number of aryl methyl sites for hydroxylation is 1. The summed E-state index contributed by atoms with van der Waals surface area (Å²) in [6, 6.07) is -0.911. The van der Waals surface area contributed by atoms with Crippen LogP contribution in [-0.2, 0) is 14.3 Å². The fraction of sp³-hybridized carbons (Fsp3) is 0.667. The molecule has 2 amide bonds. The molecule has 128 valence electrons. The Kier molecular flexibility index (Phi) is 5.59. The van der Waals surface area contributed by atoms with Crippen LogP contribution in [0.1, 0.15) is 37.3 Å². The molecule has 0 bridgehead atoms. The maximum atomic E-state index is 12.9. The highest BCUT2D eigenvalue weighted by atomic mass is 16.5. The molecule has 0 aromatic carbocycles. The molecule has 2 N–H and O–H groups in total. The first kappa shape index (κ1) is 17.3. The summed E-state index contributed by atoms with van der Waals surface area (Å²) < 4.78 is 9.85. The van der Waals surface area contributed by atoms with Gasteiger partial charge in [0.25, 0.3) is 0 Å². The Morgan fingerprint density at radius 1 is 1.48 bits per heavy atom. The Morgan fingerprint density at radius 2 is 2.22 bits per heavy atom. The molecule has 0 aliphatic carbocycles. The topological polar surface area (TPSA) is 96.5 Å². The van der Waals surface area contributed by atoms with Crippen molar-refractivity contribution in [3.63, 3.8) is 0 Å². The number of nitrogens with zero attached hydrogens (tertiary/aromatic N) is 2. The SMILES string of the molecule is COC(=O)NC(C(=O)N1CCCC1c1ncc(C)[nH]1)C(C)OC. The van der Waals surface area contributed by atoms with Crippen LogP contribution in [0, 0.1) is 6.92 Å². The molecule has 1 aliphatic heterocycles. The number of imidazole rings is 1. The maximum absolute atomic E-state index is 12.9. The predicted octanol–water partition coefficient (Wildman–Crippen LogP) is 1.14. The first-order valence-corrected chi connectivity index (χ1v) is 7.67. The first-order chi connectivity index (χ1) is 11.0. The number of H-pyrrole nitrogens is 1. The number of carbonyl (C=O) groups excluding carboxylic acids is 2. The zero-order chi connectivity index (χ0) is 17.0. The number of nitrogens with one attached hydrogen (secondary N) is 2. The molecule has 1 fully saturated rings. The summed E-state index contributed by atoms with van der Waals surface area (Å²) in [6.07, 6.45) is 2.35. The van der Waals surface area contributed by atoms with Gasteiger partial charge in [0.05, 0.1) is 19.3 Å². The average molecular weight is 324 g/mol. The lowest BCUT2D eigenvalue weighted by Gasteiger charge is -2.30. The van der Waals surface area contributed by atoms with Crippen molar-refractivity contribution < 1.29 is 19.1 Å². The molecular weight excluding hydrogens is 300 g/mol. The summed E-state index contributed by atoms with van der Waals surface area (Å²) >= 11 is 0.